The molecule has 1 aromatic carbocycles. The number of carbonyl (C=O) groups is 1. The van der Waals surface area contributed by atoms with Gasteiger partial charge in [0.1, 0.15) is 0 Å². The lowest BCUT2D eigenvalue weighted by molar-refractivity contribution is -0.120. The number of hydrogen-bond donors (Lipinski definition) is 2. The van der Waals surface area contributed by atoms with Crippen molar-refractivity contribution in [3.8, 4) is 0 Å². The Balaban J connectivity index is 2.02. The van der Waals surface area contributed by atoms with E-state index in [1.54, 1.807) is 11.8 Å². The first kappa shape index (κ1) is 14.4. The van der Waals surface area contributed by atoms with Gasteiger partial charge in [0.25, 0.3) is 0 Å². The lowest BCUT2D eigenvalue weighted by Crippen LogP contribution is -2.40. The second kappa shape index (κ2) is 6.96. The largest absolute Gasteiger partial charge is 0.325 e. The first-order chi connectivity index (χ1) is 9.20. The van der Waals surface area contributed by atoms with Crippen molar-refractivity contribution in [2.75, 3.05) is 17.6 Å². The van der Waals surface area contributed by atoms with Crippen molar-refractivity contribution in [3.05, 3.63) is 24.3 Å². The van der Waals surface area contributed by atoms with Crippen molar-refractivity contribution >= 4 is 23.4 Å². The summed E-state index contributed by atoms with van der Waals surface area (Å²) in [5.41, 5.74) is 0.950. The third kappa shape index (κ3) is 3.98. The second-order valence-electron chi connectivity index (χ2n) is 4.99. The maximum Gasteiger partial charge on any atom is 0.227 e. The molecule has 1 amide bonds. The molecule has 1 heterocycles. The molecule has 0 aliphatic carbocycles. The highest BCUT2D eigenvalue weighted by Crippen LogP contribution is 2.28. The van der Waals surface area contributed by atoms with Crippen LogP contribution in [-0.4, -0.2) is 24.2 Å². The summed E-state index contributed by atoms with van der Waals surface area (Å²) in [6.45, 7) is 5.20. The average Bonchev–Trinajstić information content (AvgIpc) is 2.41. The molecule has 0 radical (unpaired) electrons. The van der Waals surface area contributed by atoms with Crippen LogP contribution >= 0.6 is 11.8 Å². The zero-order valence-corrected chi connectivity index (χ0v) is 12.4. The number of rotatable bonds is 4. The number of hydrogen-bond acceptors (Lipinski definition) is 3. The van der Waals surface area contributed by atoms with Crippen molar-refractivity contribution in [3.63, 3.8) is 0 Å². The number of piperidine rings is 1. The first-order valence-corrected chi connectivity index (χ1v) is 7.95. The van der Waals surface area contributed by atoms with Gasteiger partial charge in [-0.1, -0.05) is 19.1 Å². The standard InChI is InChI=1S/C15H22N2OS/c1-3-19-14-7-5-4-6-13(14)17-15(18)12-8-9-16-11(2)10-12/h4-7,11-12,16H,3,8-10H2,1-2H3,(H,17,18). The Morgan fingerprint density at radius 1 is 1.47 bits per heavy atom. The van der Waals surface area contributed by atoms with Crippen molar-refractivity contribution in [2.24, 2.45) is 5.92 Å². The molecule has 2 unspecified atom stereocenters. The van der Waals surface area contributed by atoms with Crippen molar-refractivity contribution in [1.29, 1.82) is 0 Å². The number of thioether (sulfide) groups is 1. The lowest BCUT2D eigenvalue weighted by Gasteiger charge is -2.27. The molecule has 19 heavy (non-hydrogen) atoms. The van der Waals surface area contributed by atoms with Gasteiger partial charge in [-0.3, -0.25) is 4.79 Å². The number of nitrogens with one attached hydrogen (secondary N) is 2. The monoisotopic (exact) mass is 278 g/mol. The van der Waals surface area contributed by atoms with Crippen LogP contribution in [0.3, 0.4) is 0 Å². The van der Waals surface area contributed by atoms with E-state index in [1.165, 1.54) is 0 Å². The van der Waals surface area contributed by atoms with Crippen LogP contribution in [0.25, 0.3) is 0 Å². The summed E-state index contributed by atoms with van der Waals surface area (Å²) < 4.78 is 0. The number of amides is 1. The molecule has 3 nitrogen and oxygen atoms in total. The predicted octanol–water partition coefficient (Wildman–Crippen LogP) is 3.13. The quantitative estimate of drug-likeness (QED) is 0.831. The Hall–Kier alpha value is -1.00. The average molecular weight is 278 g/mol. The zero-order valence-electron chi connectivity index (χ0n) is 11.6. The van der Waals surface area contributed by atoms with Crippen molar-refractivity contribution in [1.82, 2.24) is 5.32 Å². The smallest absolute Gasteiger partial charge is 0.227 e. The van der Waals surface area contributed by atoms with Crippen molar-refractivity contribution < 1.29 is 4.79 Å². The summed E-state index contributed by atoms with van der Waals surface area (Å²) in [6.07, 6.45) is 1.86. The van der Waals surface area contributed by atoms with Crippen LogP contribution in [0.15, 0.2) is 29.2 Å². The van der Waals surface area contributed by atoms with Gasteiger partial charge in [0.2, 0.25) is 5.91 Å². The predicted molar refractivity (Wildman–Crippen MR) is 81.7 cm³/mol. The summed E-state index contributed by atoms with van der Waals surface area (Å²) in [4.78, 5) is 13.5. The van der Waals surface area contributed by atoms with E-state index in [2.05, 4.69) is 30.5 Å². The van der Waals surface area contributed by atoms with Crippen LogP contribution in [-0.2, 0) is 4.79 Å². The molecule has 2 N–H and O–H groups in total. The van der Waals surface area contributed by atoms with E-state index in [-0.39, 0.29) is 11.8 Å². The zero-order chi connectivity index (χ0) is 13.7. The van der Waals surface area contributed by atoms with Gasteiger partial charge in [0.15, 0.2) is 0 Å². The molecule has 2 atom stereocenters. The SMILES string of the molecule is CCSc1ccccc1NC(=O)C1CCNC(C)C1. The van der Waals surface area contributed by atoms with Gasteiger partial charge in [0.05, 0.1) is 5.69 Å². The van der Waals surface area contributed by atoms with Crippen LogP contribution in [0.1, 0.15) is 26.7 Å². The lowest BCUT2D eigenvalue weighted by atomic mass is 9.92. The third-order valence-electron chi connectivity index (χ3n) is 3.44. The van der Waals surface area contributed by atoms with Crippen LogP contribution in [0.5, 0.6) is 0 Å². The summed E-state index contributed by atoms with van der Waals surface area (Å²) in [5.74, 6) is 1.31. The van der Waals surface area contributed by atoms with Crippen LogP contribution in [0, 0.1) is 5.92 Å². The molecule has 104 valence electrons. The van der Waals surface area contributed by atoms with E-state index < -0.39 is 0 Å². The minimum Gasteiger partial charge on any atom is -0.325 e. The molecule has 0 saturated carbocycles. The fourth-order valence-electron chi connectivity index (χ4n) is 2.46. The Morgan fingerprint density at radius 3 is 3.00 bits per heavy atom. The molecule has 0 spiro atoms. The summed E-state index contributed by atoms with van der Waals surface area (Å²) >= 11 is 1.76. The Bertz CT molecular complexity index is 436. The van der Waals surface area contributed by atoms with Gasteiger partial charge in [-0.05, 0) is 44.2 Å². The highest BCUT2D eigenvalue weighted by atomic mass is 32.2. The molecule has 4 heteroatoms. The minimum atomic E-state index is 0.135. The molecule has 0 bridgehead atoms. The Kier molecular flexibility index (Phi) is 5.28. The van der Waals surface area contributed by atoms with E-state index in [9.17, 15) is 4.79 Å². The number of para-hydroxylation sites is 1. The fourth-order valence-corrected chi connectivity index (χ4v) is 3.22. The highest BCUT2D eigenvalue weighted by Gasteiger charge is 2.25. The van der Waals surface area contributed by atoms with E-state index in [0.29, 0.717) is 6.04 Å². The Labute approximate surface area is 119 Å². The topological polar surface area (TPSA) is 41.1 Å². The molecule has 1 fully saturated rings. The molecule has 1 saturated heterocycles. The van der Waals surface area contributed by atoms with Gasteiger partial charge in [0, 0.05) is 16.9 Å². The van der Waals surface area contributed by atoms with E-state index in [1.807, 2.05) is 18.2 Å². The van der Waals surface area contributed by atoms with Crippen molar-refractivity contribution in [2.45, 2.75) is 37.6 Å². The summed E-state index contributed by atoms with van der Waals surface area (Å²) in [6, 6.07) is 8.47. The van der Waals surface area contributed by atoms with E-state index in [4.69, 9.17) is 0 Å². The second-order valence-corrected chi connectivity index (χ2v) is 6.30. The molecule has 0 aromatic heterocycles. The van der Waals surface area contributed by atoms with E-state index >= 15 is 0 Å². The maximum absolute atomic E-state index is 12.3. The van der Waals surface area contributed by atoms with Gasteiger partial charge in [-0.25, -0.2) is 0 Å². The molecule has 1 aliphatic heterocycles. The minimum absolute atomic E-state index is 0.135. The van der Waals surface area contributed by atoms with E-state index in [0.717, 1.165) is 35.7 Å². The van der Waals surface area contributed by atoms with Crippen LogP contribution in [0.4, 0.5) is 5.69 Å². The number of carbonyl (C=O) groups excluding carboxylic acids is 1. The Morgan fingerprint density at radius 2 is 2.26 bits per heavy atom. The maximum atomic E-state index is 12.3. The summed E-state index contributed by atoms with van der Waals surface area (Å²) in [7, 11) is 0. The molecule has 1 aliphatic rings. The fraction of sp³-hybridized carbons (Fsp3) is 0.533. The molecular formula is C15H22N2OS. The van der Waals surface area contributed by atoms with Gasteiger partial charge in [-0.15, -0.1) is 11.8 Å². The number of anilines is 1. The molecule has 2 rings (SSSR count). The van der Waals surface area contributed by atoms with Crippen LogP contribution in [0.2, 0.25) is 0 Å². The summed E-state index contributed by atoms with van der Waals surface area (Å²) in [5, 5.41) is 6.48. The molecular weight excluding hydrogens is 256 g/mol. The number of benzene rings is 1. The van der Waals surface area contributed by atoms with Gasteiger partial charge >= 0.3 is 0 Å². The normalized spacial score (nSPS) is 23.1. The first-order valence-electron chi connectivity index (χ1n) is 6.96. The van der Waals surface area contributed by atoms with Gasteiger partial charge < -0.3 is 10.6 Å². The van der Waals surface area contributed by atoms with Crippen LogP contribution < -0.4 is 10.6 Å². The van der Waals surface area contributed by atoms with Gasteiger partial charge in [-0.2, -0.15) is 0 Å². The molecule has 1 aromatic rings. The third-order valence-corrected chi connectivity index (χ3v) is 4.39. The highest BCUT2D eigenvalue weighted by molar-refractivity contribution is 7.99.